The van der Waals surface area contributed by atoms with Crippen molar-refractivity contribution in [2.45, 2.75) is 0 Å². The lowest BCUT2D eigenvalue weighted by atomic mass is 10.2. The van der Waals surface area contributed by atoms with Gasteiger partial charge in [-0.2, -0.15) is 4.85 Å². The standard InChI is InChI=1S/C9H5ClN4O/c10-9-8-7-4-2-1-3-6(7)5-13(15)14(8)12-11-9/h1-5H. The molecule has 6 heteroatoms. The molecule has 15 heavy (non-hydrogen) atoms. The summed E-state index contributed by atoms with van der Waals surface area (Å²) in [6, 6.07) is 7.45. The fourth-order valence-corrected chi connectivity index (χ4v) is 1.82. The summed E-state index contributed by atoms with van der Waals surface area (Å²) >= 11 is 5.88. The molecule has 3 rings (SSSR count). The quantitative estimate of drug-likeness (QED) is 0.422. The number of benzene rings is 1. The van der Waals surface area contributed by atoms with E-state index in [0.717, 1.165) is 15.4 Å². The van der Waals surface area contributed by atoms with E-state index in [1.165, 1.54) is 6.20 Å². The van der Waals surface area contributed by atoms with Crippen molar-refractivity contribution >= 4 is 27.9 Å². The van der Waals surface area contributed by atoms with E-state index in [1.807, 2.05) is 24.3 Å². The average molecular weight is 221 g/mol. The van der Waals surface area contributed by atoms with Crippen LogP contribution in [0.1, 0.15) is 0 Å². The molecule has 5 nitrogen and oxygen atoms in total. The van der Waals surface area contributed by atoms with Gasteiger partial charge in [0.1, 0.15) is 6.20 Å². The monoisotopic (exact) mass is 220 g/mol. The number of hydrogen-bond acceptors (Lipinski definition) is 3. The van der Waals surface area contributed by atoms with Crippen molar-refractivity contribution in [3.05, 3.63) is 40.8 Å². The summed E-state index contributed by atoms with van der Waals surface area (Å²) in [6.07, 6.45) is 1.44. The molecule has 1 aromatic carbocycles. The number of nitrogens with zero attached hydrogens (tertiary/aromatic N) is 4. The van der Waals surface area contributed by atoms with E-state index in [0.29, 0.717) is 10.4 Å². The molecule has 3 aromatic rings. The first-order valence-corrected chi connectivity index (χ1v) is 4.67. The topological polar surface area (TPSA) is 57.1 Å². The van der Waals surface area contributed by atoms with Crippen LogP contribution >= 0.6 is 11.6 Å². The second-order valence-corrected chi connectivity index (χ2v) is 3.50. The summed E-state index contributed by atoms with van der Waals surface area (Å²) in [5, 5.41) is 20.7. The Labute approximate surface area is 89.1 Å². The van der Waals surface area contributed by atoms with E-state index in [9.17, 15) is 5.21 Å². The van der Waals surface area contributed by atoms with E-state index in [-0.39, 0.29) is 5.15 Å². The zero-order valence-corrected chi connectivity index (χ0v) is 8.22. The Balaban J connectivity index is 2.67. The second-order valence-electron chi connectivity index (χ2n) is 3.14. The van der Waals surface area contributed by atoms with Crippen LogP contribution in [0.5, 0.6) is 0 Å². The third-order valence-electron chi connectivity index (χ3n) is 2.26. The largest absolute Gasteiger partial charge is 0.692 e. The Hall–Kier alpha value is -1.88. The summed E-state index contributed by atoms with van der Waals surface area (Å²) in [6.45, 7) is 0. The summed E-state index contributed by atoms with van der Waals surface area (Å²) in [5.41, 5.74) is 0.532. The molecule has 0 saturated heterocycles. The average Bonchev–Trinajstić information content (AvgIpc) is 2.62. The van der Waals surface area contributed by atoms with Gasteiger partial charge in [-0.15, -0.1) is 0 Å². The lowest BCUT2D eigenvalue weighted by molar-refractivity contribution is -0.685. The second kappa shape index (κ2) is 2.80. The minimum atomic E-state index is 0.233. The third kappa shape index (κ3) is 1.07. The van der Waals surface area contributed by atoms with Gasteiger partial charge in [0.05, 0.1) is 0 Å². The Morgan fingerprint density at radius 3 is 3.00 bits per heavy atom. The van der Waals surface area contributed by atoms with Crippen LogP contribution in [0.4, 0.5) is 0 Å². The van der Waals surface area contributed by atoms with Crippen molar-refractivity contribution in [1.82, 2.24) is 14.9 Å². The van der Waals surface area contributed by atoms with Crippen LogP contribution in [0.3, 0.4) is 0 Å². The zero-order valence-electron chi connectivity index (χ0n) is 7.46. The molecule has 2 heterocycles. The van der Waals surface area contributed by atoms with Crippen molar-refractivity contribution in [3.8, 4) is 0 Å². The molecule has 74 valence electrons. The van der Waals surface area contributed by atoms with E-state index in [1.54, 1.807) is 0 Å². The van der Waals surface area contributed by atoms with Crippen molar-refractivity contribution in [2.75, 3.05) is 0 Å². The third-order valence-corrected chi connectivity index (χ3v) is 2.52. The van der Waals surface area contributed by atoms with Gasteiger partial charge < -0.3 is 5.21 Å². The SMILES string of the molecule is [O-][n+]1cc2ccccc2c2c(Cl)nnn21. The minimum absolute atomic E-state index is 0.233. The molecule has 0 bridgehead atoms. The molecule has 0 amide bonds. The number of aromatic nitrogens is 4. The van der Waals surface area contributed by atoms with E-state index >= 15 is 0 Å². The molecule has 0 unspecified atom stereocenters. The highest BCUT2D eigenvalue weighted by atomic mass is 35.5. The normalized spacial score (nSPS) is 11.3. The van der Waals surface area contributed by atoms with Crippen LogP contribution in [0.25, 0.3) is 16.3 Å². The van der Waals surface area contributed by atoms with Crippen molar-refractivity contribution < 1.29 is 4.85 Å². The highest BCUT2D eigenvalue weighted by molar-refractivity contribution is 6.34. The first-order valence-electron chi connectivity index (χ1n) is 4.29. The van der Waals surface area contributed by atoms with Crippen LogP contribution in [0.15, 0.2) is 30.5 Å². The van der Waals surface area contributed by atoms with Crippen molar-refractivity contribution in [1.29, 1.82) is 0 Å². The van der Waals surface area contributed by atoms with Gasteiger partial charge in [-0.3, -0.25) is 0 Å². The smallest absolute Gasteiger partial charge is 0.211 e. The van der Waals surface area contributed by atoms with E-state index in [4.69, 9.17) is 11.6 Å². The Morgan fingerprint density at radius 2 is 2.13 bits per heavy atom. The maximum atomic E-state index is 11.5. The molecular weight excluding hydrogens is 216 g/mol. The molecule has 0 N–H and O–H groups in total. The van der Waals surface area contributed by atoms with E-state index in [2.05, 4.69) is 10.3 Å². The molecule has 0 aliphatic heterocycles. The Bertz CT molecular complexity index is 664. The molecular formula is C9H5ClN4O. The number of fused-ring (bicyclic) bond motifs is 3. The maximum Gasteiger partial charge on any atom is 0.211 e. The Morgan fingerprint density at radius 1 is 1.33 bits per heavy atom. The van der Waals surface area contributed by atoms with Crippen molar-refractivity contribution in [3.63, 3.8) is 0 Å². The van der Waals surface area contributed by atoms with Gasteiger partial charge in [-0.05, 0) is 0 Å². The van der Waals surface area contributed by atoms with Gasteiger partial charge in [0.15, 0.2) is 10.7 Å². The molecule has 0 saturated carbocycles. The molecule has 0 spiro atoms. The van der Waals surface area contributed by atoms with Crippen LogP contribution in [-0.2, 0) is 0 Å². The minimum Gasteiger partial charge on any atom is -0.692 e. The molecule has 0 radical (unpaired) electrons. The fraction of sp³-hybridized carbons (Fsp3) is 0. The first-order chi connectivity index (χ1) is 7.27. The van der Waals surface area contributed by atoms with Crippen LogP contribution in [0.2, 0.25) is 5.15 Å². The lowest BCUT2D eigenvalue weighted by Gasteiger charge is -2.04. The van der Waals surface area contributed by atoms with Crippen LogP contribution < -0.4 is 4.85 Å². The van der Waals surface area contributed by atoms with E-state index < -0.39 is 0 Å². The number of hydrogen-bond donors (Lipinski definition) is 0. The fourth-order valence-electron chi connectivity index (χ4n) is 1.61. The van der Waals surface area contributed by atoms with Crippen LogP contribution in [-0.4, -0.2) is 14.9 Å². The van der Waals surface area contributed by atoms with Gasteiger partial charge in [0.25, 0.3) is 0 Å². The highest BCUT2D eigenvalue weighted by Gasteiger charge is 2.15. The summed E-state index contributed by atoms with van der Waals surface area (Å²) in [4.78, 5) is 0.608. The summed E-state index contributed by atoms with van der Waals surface area (Å²) < 4.78 is 1.13. The molecule has 0 fully saturated rings. The molecule has 2 aromatic heterocycles. The Kier molecular flexibility index (Phi) is 1.58. The van der Waals surface area contributed by atoms with Crippen molar-refractivity contribution in [2.24, 2.45) is 0 Å². The molecule has 0 atom stereocenters. The predicted molar refractivity (Wildman–Crippen MR) is 54.5 cm³/mol. The molecule has 0 aliphatic rings. The van der Waals surface area contributed by atoms with Crippen LogP contribution in [0, 0.1) is 5.21 Å². The van der Waals surface area contributed by atoms with Gasteiger partial charge >= 0.3 is 0 Å². The van der Waals surface area contributed by atoms with Gasteiger partial charge in [0, 0.05) is 20.5 Å². The van der Waals surface area contributed by atoms with Gasteiger partial charge in [0.2, 0.25) is 5.15 Å². The maximum absolute atomic E-state index is 11.5. The molecule has 0 aliphatic carbocycles. The lowest BCUT2D eigenvalue weighted by Crippen LogP contribution is -2.36. The number of halogens is 1. The zero-order chi connectivity index (χ0) is 10.4. The predicted octanol–water partition coefficient (Wildman–Crippen LogP) is 1.17. The number of rotatable bonds is 0. The van der Waals surface area contributed by atoms with Gasteiger partial charge in [-0.25, -0.2) is 0 Å². The summed E-state index contributed by atoms with van der Waals surface area (Å²) in [5.74, 6) is 0. The first kappa shape index (κ1) is 8.43. The highest BCUT2D eigenvalue weighted by Crippen LogP contribution is 2.22. The summed E-state index contributed by atoms with van der Waals surface area (Å²) in [7, 11) is 0. The van der Waals surface area contributed by atoms with Gasteiger partial charge in [-0.1, -0.05) is 35.9 Å².